The van der Waals surface area contributed by atoms with Crippen LogP contribution in [0.4, 0.5) is 17.1 Å². The largest absolute Gasteiger partial charge is 0.436 e. The quantitative estimate of drug-likeness (QED) is 0.173. The molecule has 0 radical (unpaired) electrons. The molecule has 7 aromatic carbocycles. The Labute approximate surface area is 292 Å². The molecule has 0 saturated heterocycles. The summed E-state index contributed by atoms with van der Waals surface area (Å²) in [5.74, 6) is 0.716. The van der Waals surface area contributed by atoms with Crippen molar-refractivity contribution >= 4 is 50.1 Å². The predicted octanol–water partition coefficient (Wildman–Crippen LogP) is 13.0. The summed E-state index contributed by atoms with van der Waals surface area (Å²) < 4.78 is 6.24. The molecular weight excluding hydrogens is 609 g/mol. The van der Waals surface area contributed by atoms with E-state index in [9.17, 15) is 0 Å². The van der Waals surface area contributed by atoms with Gasteiger partial charge in [-0.1, -0.05) is 146 Å². The third-order valence-corrected chi connectivity index (χ3v) is 9.67. The molecule has 0 unspecified atom stereocenters. The van der Waals surface area contributed by atoms with Crippen LogP contribution in [0, 0.1) is 0 Å². The van der Waals surface area contributed by atoms with Crippen LogP contribution in [0.15, 0.2) is 186 Å². The van der Waals surface area contributed by atoms with Crippen molar-refractivity contribution < 1.29 is 4.42 Å². The lowest BCUT2D eigenvalue weighted by Crippen LogP contribution is -2.11. The van der Waals surface area contributed by atoms with Gasteiger partial charge >= 0.3 is 0 Å². The molecule has 1 aliphatic rings. The SMILES string of the molecule is C1=C(c2ccc(N(c3ccc(-c4ccccc4)cc3)c3ccccc3-c3ccccc3)cc2)CCC(c2nc3c(ccc4ccccc43)o2)=C1. The second-order valence-electron chi connectivity index (χ2n) is 12.7. The van der Waals surface area contributed by atoms with E-state index in [0.29, 0.717) is 5.89 Å². The minimum absolute atomic E-state index is 0.716. The van der Waals surface area contributed by atoms with Crippen LogP contribution in [-0.4, -0.2) is 4.98 Å². The van der Waals surface area contributed by atoms with Crippen molar-refractivity contribution in [3.63, 3.8) is 0 Å². The molecule has 0 N–H and O–H groups in total. The highest BCUT2D eigenvalue weighted by Crippen LogP contribution is 2.42. The topological polar surface area (TPSA) is 29.3 Å². The standard InChI is InChI=1S/C47H34N2O/c1-3-11-33(12-4-1)35-23-28-40(29-24-35)49(44-18-10-9-16-42(44)37-13-5-2-6-14-37)41-30-25-36(26-31-41)34-19-21-39(22-20-34)47-48-46-43-17-8-7-15-38(43)27-32-45(46)50-47/h1-19,21,23-32H,20,22H2. The normalized spacial score (nSPS) is 12.9. The molecule has 0 amide bonds. The van der Waals surface area contributed by atoms with Crippen LogP contribution < -0.4 is 4.90 Å². The summed E-state index contributed by atoms with van der Waals surface area (Å²) in [5, 5.41) is 2.30. The van der Waals surface area contributed by atoms with Crippen LogP contribution in [-0.2, 0) is 0 Å². The number of fused-ring (bicyclic) bond motifs is 3. The molecule has 0 aliphatic heterocycles. The van der Waals surface area contributed by atoms with E-state index in [-0.39, 0.29) is 0 Å². The Balaban J connectivity index is 1.05. The Kier molecular flexibility index (Phi) is 7.64. The van der Waals surface area contributed by atoms with Gasteiger partial charge in [0.25, 0.3) is 0 Å². The van der Waals surface area contributed by atoms with Gasteiger partial charge in [-0.05, 0) is 82.5 Å². The molecule has 50 heavy (non-hydrogen) atoms. The minimum atomic E-state index is 0.716. The number of nitrogens with zero attached hydrogens (tertiary/aromatic N) is 2. The zero-order valence-corrected chi connectivity index (χ0v) is 27.5. The van der Waals surface area contributed by atoms with E-state index in [2.05, 4.69) is 181 Å². The molecule has 0 bridgehead atoms. The van der Waals surface area contributed by atoms with E-state index in [1.807, 2.05) is 6.07 Å². The highest BCUT2D eigenvalue weighted by Gasteiger charge is 2.19. The number of benzene rings is 7. The van der Waals surface area contributed by atoms with Gasteiger partial charge in [0.05, 0.1) is 5.69 Å². The number of anilines is 3. The highest BCUT2D eigenvalue weighted by molar-refractivity contribution is 6.03. The summed E-state index contributed by atoms with van der Waals surface area (Å²) in [6, 6.07) is 60.2. The van der Waals surface area contributed by atoms with Crippen molar-refractivity contribution in [3.8, 4) is 22.3 Å². The van der Waals surface area contributed by atoms with Crippen molar-refractivity contribution in [2.24, 2.45) is 0 Å². The van der Waals surface area contributed by atoms with Gasteiger partial charge in [0.1, 0.15) is 5.52 Å². The van der Waals surface area contributed by atoms with Crippen molar-refractivity contribution in [3.05, 3.63) is 193 Å². The van der Waals surface area contributed by atoms with Gasteiger partial charge in [-0.15, -0.1) is 0 Å². The Bertz CT molecular complexity index is 2510. The van der Waals surface area contributed by atoms with Crippen molar-refractivity contribution in [1.82, 2.24) is 4.98 Å². The summed E-state index contributed by atoms with van der Waals surface area (Å²) in [6.07, 6.45) is 6.21. The molecule has 9 rings (SSSR count). The maximum Gasteiger partial charge on any atom is 0.223 e. The fourth-order valence-corrected chi connectivity index (χ4v) is 7.07. The maximum atomic E-state index is 6.24. The smallest absolute Gasteiger partial charge is 0.223 e. The van der Waals surface area contributed by atoms with Gasteiger partial charge < -0.3 is 9.32 Å². The number of allylic oxidation sites excluding steroid dienone is 4. The lowest BCUT2D eigenvalue weighted by Gasteiger charge is -2.28. The summed E-state index contributed by atoms with van der Waals surface area (Å²) in [4.78, 5) is 7.30. The molecule has 3 nitrogen and oxygen atoms in total. The number of oxazole rings is 1. The average Bonchev–Trinajstić information content (AvgIpc) is 3.65. The first-order valence-corrected chi connectivity index (χ1v) is 17.2. The fourth-order valence-electron chi connectivity index (χ4n) is 7.07. The van der Waals surface area contributed by atoms with Crippen LogP contribution in [0.1, 0.15) is 24.3 Å². The minimum Gasteiger partial charge on any atom is -0.436 e. The predicted molar refractivity (Wildman–Crippen MR) is 209 cm³/mol. The van der Waals surface area contributed by atoms with Crippen LogP contribution in [0.25, 0.3) is 55.3 Å². The summed E-state index contributed by atoms with van der Waals surface area (Å²) >= 11 is 0. The second kappa shape index (κ2) is 12.9. The number of aromatic nitrogens is 1. The lowest BCUT2D eigenvalue weighted by atomic mass is 9.93. The van der Waals surface area contributed by atoms with Crippen molar-refractivity contribution in [2.45, 2.75) is 12.8 Å². The molecule has 1 aromatic heterocycles. The Morgan fingerprint density at radius 1 is 0.460 bits per heavy atom. The monoisotopic (exact) mass is 642 g/mol. The van der Waals surface area contributed by atoms with Gasteiger partial charge in [-0.3, -0.25) is 0 Å². The molecule has 0 saturated carbocycles. The molecule has 0 atom stereocenters. The van der Waals surface area contributed by atoms with E-state index in [1.54, 1.807) is 0 Å². The third kappa shape index (κ3) is 5.59. The van der Waals surface area contributed by atoms with Crippen molar-refractivity contribution in [2.75, 3.05) is 4.90 Å². The molecule has 1 aliphatic carbocycles. The molecular formula is C47H34N2O. The number of hydrogen-bond donors (Lipinski definition) is 0. The number of rotatable bonds is 7. The zero-order valence-electron chi connectivity index (χ0n) is 27.5. The Hall–Kier alpha value is -6.45. The molecule has 0 spiro atoms. The van der Waals surface area contributed by atoms with E-state index in [1.165, 1.54) is 38.8 Å². The highest BCUT2D eigenvalue weighted by atomic mass is 16.3. The second-order valence-corrected chi connectivity index (χ2v) is 12.7. The van der Waals surface area contributed by atoms with Gasteiger partial charge in [0.15, 0.2) is 5.58 Å². The van der Waals surface area contributed by atoms with E-state index < -0.39 is 0 Å². The first kappa shape index (κ1) is 29.7. The Morgan fingerprint density at radius 2 is 1.04 bits per heavy atom. The maximum absolute atomic E-state index is 6.24. The Morgan fingerprint density at radius 3 is 1.76 bits per heavy atom. The van der Waals surface area contributed by atoms with E-state index in [0.717, 1.165) is 52.0 Å². The van der Waals surface area contributed by atoms with E-state index in [4.69, 9.17) is 9.40 Å². The summed E-state index contributed by atoms with van der Waals surface area (Å²) in [7, 11) is 0. The fraction of sp³-hybridized carbons (Fsp3) is 0.0426. The van der Waals surface area contributed by atoms with Crippen LogP contribution in [0.3, 0.4) is 0 Å². The average molecular weight is 643 g/mol. The van der Waals surface area contributed by atoms with Gasteiger partial charge in [-0.25, -0.2) is 4.98 Å². The van der Waals surface area contributed by atoms with Gasteiger partial charge in [-0.2, -0.15) is 0 Å². The molecule has 8 aromatic rings. The van der Waals surface area contributed by atoms with Gasteiger partial charge in [0, 0.05) is 27.9 Å². The molecule has 238 valence electrons. The summed E-state index contributed by atoms with van der Waals surface area (Å²) in [5.41, 5.74) is 13.6. The van der Waals surface area contributed by atoms with Crippen LogP contribution in [0.2, 0.25) is 0 Å². The van der Waals surface area contributed by atoms with E-state index >= 15 is 0 Å². The van der Waals surface area contributed by atoms with Gasteiger partial charge in [0.2, 0.25) is 5.89 Å². The lowest BCUT2D eigenvalue weighted by molar-refractivity contribution is 0.580. The zero-order chi connectivity index (χ0) is 33.3. The van der Waals surface area contributed by atoms with Crippen LogP contribution >= 0.6 is 0 Å². The first-order chi connectivity index (χ1) is 24.8. The number of para-hydroxylation sites is 1. The molecule has 3 heteroatoms. The number of hydrogen-bond acceptors (Lipinski definition) is 3. The van der Waals surface area contributed by atoms with Crippen LogP contribution in [0.5, 0.6) is 0 Å². The molecule has 0 fully saturated rings. The summed E-state index contributed by atoms with van der Waals surface area (Å²) in [6.45, 7) is 0. The van der Waals surface area contributed by atoms with Crippen molar-refractivity contribution in [1.29, 1.82) is 0 Å². The third-order valence-electron chi connectivity index (χ3n) is 9.67. The molecule has 1 heterocycles. The first-order valence-electron chi connectivity index (χ1n) is 17.2.